The average Bonchev–Trinajstić information content (AvgIpc) is 2.32. The summed E-state index contributed by atoms with van der Waals surface area (Å²) in [6, 6.07) is 0. The Balaban J connectivity index is 2.24. The molecular formula is C10H19NO4. The van der Waals surface area contributed by atoms with Gasteiger partial charge in [0.15, 0.2) is 0 Å². The van der Waals surface area contributed by atoms with Crippen LogP contribution in [0.25, 0.3) is 0 Å². The molecule has 88 valence electrons. The molecule has 2 saturated heterocycles. The Kier molecular flexibility index (Phi) is 3.00. The van der Waals surface area contributed by atoms with Crippen LogP contribution in [0.5, 0.6) is 0 Å². The van der Waals surface area contributed by atoms with E-state index in [4.69, 9.17) is 19.0 Å². The van der Waals surface area contributed by atoms with Gasteiger partial charge in [0.25, 0.3) is 0 Å². The summed E-state index contributed by atoms with van der Waals surface area (Å²) in [6.07, 6.45) is -0.0531. The predicted octanol–water partition coefficient (Wildman–Crippen LogP) is 0.0509. The van der Waals surface area contributed by atoms with Crippen LogP contribution < -0.4 is 0 Å². The number of methoxy groups -OCH3 is 2. The summed E-state index contributed by atoms with van der Waals surface area (Å²) in [6.45, 7) is 3.20. The third kappa shape index (κ3) is 1.68. The van der Waals surface area contributed by atoms with E-state index in [9.17, 15) is 0 Å². The molecule has 0 aliphatic carbocycles. The normalized spacial score (nSPS) is 46.0. The van der Waals surface area contributed by atoms with Crippen molar-refractivity contribution in [1.82, 2.24) is 5.06 Å². The zero-order valence-electron chi connectivity index (χ0n) is 9.73. The average molecular weight is 217 g/mol. The van der Waals surface area contributed by atoms with Gasteiger partial charge in [-0.3, -0.25) is 4.84 Å². The SMILES string of the molecule is COC[C@@]12CN(C)OC([C@H](C)O1)[C@H]2OC. The molecule has 2 rings (SSSR count). The molecule has 5 nitrogen and oxygen atoms in total. The van der Waals surface area contributed by atoms with Crippen LogP contribution in [-0.4, -0.2) is 63.4 Å². The van der Waals surface area contributed by atoms with E-state index in [1.165, 1.54) is 0 Å². The number of ether oxygens (including phenoxy) is 3. The van der Waals surface area contributed by atoms with Gasteiger partial charge in [-0.1, -0.05) is 0 Å². The molecule has 0 spiro atoms. The summed E-state index contributed by atoms with van der Waals surface area (Å²) < 4.78 is 16.7. The zero-order chi connectivity index (χ0) is 11.1. The second kappa shape index (κ2) is 3.99. The molecule has 0 aromatic heterocycles. The van der Waals surface area contributed by atoms with Gasteiger partial charge >= 0.3 is 0 Å². The third-order valence-electron chi connectivity index (χ3n) is 3.13. The van der Waals surface area contributed by atoms with Crippen LogP contribution in [0.15, 0.2) is 0 Å². The van der Waals surface area contributed by atoms with E-state index in [0.29, 0.717) is 13.2 Å². The van der Waals surface area contributed by atoms with Crippen molar-refractivity contribution in [2.45, 2.75) is 30.8 Å². The van der Waals surface area contributed by atoms with Gasteiger partial charge in [0.2, 0.25) is 0 Å². The fraction of sp³-hybridized carbons (Fsp3) is 1.00. The van der Waals surface area contributed by atoms with E-state index < -0.39 is 0 Å². The maximum atomic E-state index is 5.97. The molecule has 0 aromatic carbocycles. The smallest absolute Gasteiger partial charge is 0.135 e. The van der Waals surface area contributed by atoms with Gasteiger partial charge in [-0.05, 0) is 6.92 Å². The quantitative estimate of drug-likeness (QED) is 0.668. The minimum Gasteiger partial charge on any atom is -0.382 e. The van der Waals surface area contributed by atoms with Gasteiger partial charge in [0.1, 0.15) is 17.8 Å². The Bertz CT molecular complexity index is 233. The lowest BCUT2D eigenvalue weighted by atomic mass is 9.93. The summed E-state index contributed by atoms with van der Waals surface area (Å²) in [7, 11) is 5.28. The number of likely N-dealkylation sites (N-methyl/N-ethyl adjacent to an activating group) is 1. The number of fused-ring (bicyclic) bond motifs is 2. The Morgan fingerprint density at radius 3 is 2.80 bits per heavy atom. The first-order valence-corrected chi connectivity index (χ1v) is 5.20. The fourth-order valence-electron chi connectivity index (χ4n) is 2.70. The van der Waals surface area contributed by atoms with Crippen LogP contribution in [0.3, 0.4) is 0 Å². The van der Waals surface area contributed by atoms with Crippen molar-refractivity contribution in [3.8, 4) is 0 Å². The van der Waals surface area contributed by atoms with Gasteiger partial charge in [-0.2, -0.15) is 5.06 Å². The van der Waals surface area contributed by atoms with Crippen molar-refractivity contribution >= 4 is 0 Å². The van der Waals surface area contributed by atoms with E-state index in [2.05, 4.69) is 0 Å². The molecule has 4 atom stereocenters. The van der Waals surface area contributed by atoms with Crippen molar-refractivity contribution in [2.75, 3.05) is 34.4 Å². The molecule has 0 N–H and O–H groups in total. The highest BCUT2D eigenvalue weighted by atomic mass is 16.7. The Morgan fingerprint density at radius 2 is 2.20 bits per heavy atom. The number of rotatable bonds is 3. The molecule has 0 aromatic rings. The molecule has 0 saturated carbocycles. The van der Waals surface area contributed by atoms with Crippen molar-refractivity contribution < 1.29 is 19.0 Å². The highest BCUT2D eigenvalue weighted by Crippen LogP contribution is 2.39. The highest BCUT2D eigenvalue weighted by Gasteiger charge is 2.59. The first kappa shape index (κ1) is 11.3. The molecule has 5 heteroatoms. The summed E-state index contributed by atoms with van der Waals surface area (Å²) in [5, 5.41) is 1.81. The Morgan fingerprint density at radius 1 is 1.47 bits per heavy atom. The lowest BCUT2D eigenvalue weighted by Crippen LogP contribution is -2.59. The van der Waals surface area contributed by atoms with Gasteiger partial charge in [0.05, 0.1) is 19.3 Å². The summed E-state index contributed by atoms with van der Waals surface area (Å²) in [4.78, 5) is 5.69. The van der Waals surface area contributed by atoms with Crippen LogP contribution in [0.4, 0.5) is 0 Å². The van der Waals surface area contributed by atoms with Crippen molar-refractivity contribution in [1.29, 1.82) is 0 Å². The molecule has 1 unspecified atom stereocenters. The lowest BCUT2D eigenvalue weighted by Gasteiger charge is -2.41. The molecule has 2 aliphatic heterocycles. The summed E-state index contributed by atoms with van der Waals surface area (Å²) >= 11 is 0. The molecule has 0 radical (unpaired) electrons. The van der Waals surface area contributed by atoms with E-state index in [1.807, 2.05) is 19.0 Å². The molecule has 2 bridgehead atoms. The second-order valence-electron chi connectivity index (χ2n) is 4.33. The van der Waals surface area contributed by atoms with Crippen molar-refractivity contribution in [3.63, 3.8) is 0 Å². The molecule has 2 aliphatic rings. The first-order valence-electron chi connectivity index (χ1n) is 5.20. The number of hydrogen-bond acceptors (Lipinski definition) is 5. The maximum absolute atomic E-state index is 5.97. The van der Waals surface area contributed by atoms with Gasteiger partial charge in [-0.25, -0.2) is 0 Å². The number of hydroxylamine groups is 2. The predicted molar refractivity (Wildman–Crippen MR) is 53.5 cm³/mol. The van der Waals surface area contributed by atoms with Gasteiger partial charge in [-0.15, -0.1) is 0 Å². The molecule has 2 heterocycles. The van der Waals surface area contributed by atoms with Gasteiger partial charge < -0.3 is 14.2 Å². The Hall–Kier alpha value is -0.200. The standard InChI is InChI=1S/C10H19NO4/c1-7-8-9(13-4)10(14-7,6-12-3)5-11(2)15-8/h7-9H,5-6H2,1-4H3/t7-,8?,9+,10+/m0/s1. The summed E-state index contributed by atoms with van der Waals surface area (Å²) in [5.74, 6) is 0. The van der Waals surface area contributed by atoms with Crippen LogP contribution in [0.1, 0.15) is 6.92 Å². The molecule has 0 amide bonds. The van der Waals surface area contributed by atoms with E-state index >= 15 is 0 Å². The first-order chi connectivity index (χ1) is 7.13. The monoisotopic (exact) mass is 217 g/mol. The molecule has 15 heavy (non-hydrogen) atoms. The van der Waals surface area contributed by atoms with Gasteiger partial charge in [0, 0.05) is 21.3 Å². The van der Waals surface area contributed by atoms with E-state index in [-0.39, 0.29) is 23.9 Å². The Labute approximate surface area is 90.2 Å². The minimum atomic E-state index is -0.388. The fourth-order valence-corrected chi connectivity index (χ4v) is 2.70. The molecular weight excluding hydrogens is 198 g/mol. The number of hydrogen-bond donors (Lipinski definition) is 0. The highest BCUT2D eigenvalue weighted by molar-refractivity contribution is 5.06. The largest absolute Gasteiger partial charge is 0.382 e. The zero-order valence-corrected chi connectivity index (χ0v) is 9.73. The van der Waals surface area contributed by atoms with E-state index in [1.54, 1.807) is 14.2 Å². The second-order valence-corrected chi connectivity index (χ2v) is 4.33. The molecule has 2 fully saturated rings. The van der Waals surface area contributed by atoms with Crippen LogP contribution in [-0.2, 0) is 19.0 Å². The summed E-state index contributed by atoms with van der Waals surface area (Å²) in [5.41, 5.74) is -0.388. The third-order valence-corrected chi connectivity index (χ3v) is 3.13. The van der Waals surface area contributed by atoms with Crippen LogP contribution in [0.2, 0.25) is 0 Å². The lowest BCUT2D eigenvalue weighted by molar-refractivity contribution is -0.262. The van der Waals surface area contributed by atoms with Crippen molar-refractivity contribution in [2.24, 2.45) is 0 Å². The minimum absolute atomic E-state index is 0.0371. The maximum Gasteiger partial charge on any atom is 0.135 e. The van der Waals surface area contributed by atoms with Crippen molar-refractivity contribution in [3.05, 3.63) is 0 Å². The van der Waals surface area contributed by atoms with Crippen LogP contribution >= 0.6 is 0 Å². The van der Waals surface area contributed by atoms with Crippen LogP contribution in [0, 0.1) is 0 Å². The van der Waals surface area contributed by atoms with E-state index in [0.717, 1.165) is 0 Å². The number of nitrogens with zero attached hydrogens (tertiary/aromatic N) is 1. The topological polar surface area (TPSA) is 40.2 Å².